The van der Waals surface area contributed by atoms with Crippen LogP contribution in [0.2, 0.25) is 0 Å². The van der Waals surface area contributed by atoms with Crippen LogP contribution in [0.1, 0.15) is 94.4 Å². The molecule has 0 radical (unpaired) electrons. The summed E-state index contributed by atoms with van der Waals surface area (Å²) < 4.78 is 32.1. The van der Waals surface area contributed by atoms with Gasteiger partial charge in [-0.3, -0.25) is 0 Å². The van der Waals surface area contributed by atoms with Gasteiger partial charge >= 0.3 is 5.97 Å². The molecule has 5 fully saturated rings. The van der Waals surface area contributed by atoms with Gasteiger partial charge in [0.2, 0.25) is 0 Å². The molecule has 36 heavy (non-hydrogen) atoms. The maximum absolute atomic E-state index is 12.9. The molecule has 11 unspecified atom stereocenters. The van der Waals surface area contributed by atoms with Crippen molar-refractivity contribution in [3.8, 4) is 0 Å². The molecule has 2 aliphatic heterocycles. The lowest BCUT2D eigenvalue weighted by Crippen LogP contribution is -2.60. The number of hydrogen-bond acceptors (Lipinski definition) is 6. The van der Waals surface area contributed by atoms with Crippen LogP contribution in [0.3, 0.4) is 0 Å². The normalized spacial score (nSPS) is 49.0. The van der Waals surface area contributed by atoms with Crippen LogP contribution in [0.5, 0.6) is 0 Å². The lowest BCUT2D eigenvalue weighted by molar-refractivity contribution is -0.315. The van der Waals surface area contributed by atoms with Crippen LogP contribution in [-0.2, 0) is 28.5 Å². The first-order chi connectivity index (χ1) is 16.8. The van der Waals surface area contributed by atoms with Crippen LogP contribution in [0.15, 0.2) is 11.6 Å². The Bertz CT molecular complexity index is 894. The second-order valence-electron chi connectivity index (χ2n) is 13.7. The molecule has 6 heteroatoms. The molecule has 3 aliphatic carbocycles. The number of esters is 1. The summed E-state index contributed by atoms with van der Waals surface area (Å²) in [4.78, 5) is 12.9. The second kappa shape index (κ2) is 9.07. The van der Waals surface area contributed by atoms with E-state index in [2.05, 4.69) is 27.7 Å². The number of allylic oxidation sites excluding steroid dienone is 1. The van der Waals surface area contributed by atoms with E-state index in [9.17, 15) is 4.79 Å². The van der Waals surface area contributed by atoms with Crippen molar-refractivity contribution in [2.24, 2.45) is 35.0 Å². The minimum atomic E-state index is -0.771. The summed E-state index contributed by atoms with van der Waals surface area (Å²) in [5.74, 6) is 2.28. The Balaban J connectivity index is 1.42. The van der Waals surface area contributed by atoms with E-state index in [1.807, 2.05) is 34.6 Å². The largest absolute Gasteiger partial charge is 0.451 e. The maximum atomic E-state index is 12.9. The predicted octanol–water partition coefficient (Wildman–Crippen LogP) is 6.02. The second-order valence-corrected chi connectivity index (χ2v) is 13.7. The van der Waals surface area contributed by atoms with E-state index in [1.54, 1.807) is 6.08 Å². The van der Waals surface area contributed by atoms with Gasteiger partial charge in [0.25, 0.3) is 0 Å². The molecule has 5 rings (SSSR count). The predicted molar refractivity (Wildman–Crippen MR) is 137 cm³/mol. The van der Waals surface area contributed by atoms with E-state index in [1.165, 1.54) is 19.3 Å². The van der Waals surface area contributed by atoms with Gasteiger partial charge in [-0.2, -0.15) is 0 Å². The third-order valence-corrected chi connectivity index (χ3v) is 10.5. The third-order valence-electron chi connectivity index (χ3n) is 10.5. The summed E-state index contributed by atoms with van der Waals surface area (Å²) >= 11 is 0. The summed E-state index contributed by atoms with van der Waals surface area (Å²) in [7, 11) is 0. The lowest BCUT2D eigenvalue weighted by atomic mass is 9.74. The van der Waals surface area contributed by atoms with Gasteiger partial charge in [-0.15, -0.1) is 0 Å². The number of rotatable bonds is 5. The summed E-state index contributed by atoms with van der Waals surface area (Å²) in [5, 5.41) is 0. The zero-order valence-electron chi connectivity index (χ0n) is 23.8. The topological polar surface area (TPSA) is 63.2 Å². The maximum Gasteiger partial charge on any atom is 0.331 e. The molecule has 0 aromatic heterocycles. The first kappa shape index (κ1) is 26.6. The van der Waals surface area contributed by atoms with Crippen LogP contribution < -0.4 is 0 Å². The van der Waals surface area contributed by atoms with E-state index in [0.717, 1.165) is 30.3 Å². The smallest absolute Gasteiger partial charge is 0.331 e. The molecule has 0 N–H and O–H groups in total. The molecule has 2 heterocycles. The zero-order valence-corrected chi connectivity index (χ0v) is 23.8. The number of hydrogen-bond donors (Lipinski definition) is 0. The van der Waals surface area contributed by atoms with Gasteiger partial charge < -0.3 is 23.7 Å². The van der Waals surface area contributed by atoms with E-state index < -0.39 is 24.3 Å². The number of ether oxygens (including phenoxy) is 5. The fourth-order valence-corrected chi connectivity index (χ4v) is 8.33. The summed E-state index contributed by atoms with van der Waals surface area (Å²) in [6.07, 6.45) is 4.63. The van der Waals surface area contributed by atoms with Crippen molar-refractivity contribution in [3.05, 3.63) is 11.6 Å². The van der Waals surface area contributed by atoms with Crippen molar-refractivity contribution in [2.75, 3.05) is 0 Å². The van der Waals surface area contributed by atoms with Crippen molar-refractivity contribution >= 4 is 5.97 Å². The Morgan fingerprint density at radius 3 is 2.39 bits per heavy atom. The van der Waals surface area contributed by atoms with E-state index >= 15 is 0 Å². The van der Waals surface area contributed by atoms with Gasteiger partial charge in [0.1, 0.15) is 12.2 Å². The summed E-state index contributed by atoms with van der Waals surface area (Å²) in [6, 6.07) is 0. The Hall–Kier alpha value is -0.950. The molecule has 0 aromatic carbocycles. The van der Waals surface area contributed by atoms with Crippen molar-refractivity contribution < 1.29 is 28.5 Å². The molecule has 6 nitrogen and oxygen atoms in total. The molecule has 5 aliphatic rings. The van der Waals surface area contributed by atoms with Gasteiger partial charge in [-0.05, 0) is 95.3 Å². The van der Waals surface area contributed by atoms with Crippen LogP contribution in [0, 0.1) is 35.0 Å². The van der Waals surface area contributed by atoms with Crippen molar-refractivity contribution in [1.29, 1.82) is 0 Å². The van der Waals surface area contributed by atoms with Crippen molar-refractivity contribution in [1.82, 2.24) is 0 Å². The fraction of sp³-hybridized carbons (Fsp3) is 0.900. The Morgan fingerprint density at radius 2 is 1.69 bits per heavy atom. The molecule has 0 spiro atoms. The number of carbonyl (C=O) groups is 1. The van der Waals surface area contributed by atoms with Gasteiger partial charge in [0.15, 0.2) is 18.2 Å². The van der Waals surface area contributed by atoms with Crippen LogP contribution >= 0.6 is 0 Å². The third kappa shape index (κ3) is 4.48. The van der Waals surface area contributed by atoms with Crippen molar-refractivity contribution in [2.45, 2.75) is 137 Å². The van der Waals surface area contributed by atoms with Gasteiger partial charge in [0.05, 0.1) is 11.7 Å². The highest BCUT2D eigenvalue weighted by molar-refractivity contribution is 5.82. The Labute approximate surface area is 217 Å². The zero-order chi connectivity index (χ0) is 26.2. The minimum absolute atomic E-state index is 0.232. The average molecular weight is 505 g/mol. The Kier molecular flexibility index (Phi) is 6.71. The fourth-order valence-electron chi connectivity index (χ4n) is 8.33. The van der Waals surface area contributed by atoms with E-state index in [0.29, 0.717) is 23.2 Å². The summed E-state index contributed by atoms with van der Waals surface area (Å²) in [5.41, 5.74) is 1.09. The highest BCUT2D eigenvalue weighted by atomic mass is 16.8. The number of carbonyl (C=O) groups excluding carboxylic acids is 1. The SMILES string of the molecule is CC/C(C)=C/C(=O)OC1C(OC2(C)CCC3C(C4C(C)CCC42)C3(C)C)OC(C)C2OC(C)(C)OC21. The Morgan fingerprint density at radius 1 is 1.00 bits per heavy atom. The first-order valence-corrected chi connectivity index (χ1v) is 14.3. The van der Waals surface area contributed by atoms with Gasteiger partial charge in [-0.1, -0.05) is 39.7 Å². The quantitative estimate of drug-likeness (QED) is 0.337. The van der Waals surface area contributed by atoms with Crippen LogP contribution in [-0.4, -0.2) is 48.1 Å². The molecule has 0 aromatic rings. The summed E-state index contributed by atoms with van der Waals surface area (Å²) in [6.45, 7) is 19.4. The highest BCUT2D eigenvalue weighted by Gasteiger charge is 2.68. The number of fused-ring (bicyclic) bond motifs is 4. The molecule has 3 saturated carbocycles. The van der Waals surface area contributed by atoms with Crippen LogP contribution in [0.4, 0.5) is 0 Å². The first-order valence-electron chi connectivity index (χ1n) is 14.3. The molecular formula is C30H48O6. The minimum Gasteiger partial charge on any atom is -0.451 e. The molecule has 11 atom stereocenters. The lowest BCUT2D eigenvalue weighted by Gasteiger charge is -2.47. The van der Waals surface area contributed by atoms with E-state index in [4.69, 9.17) is 23.7 Å². The molecular weight excluding hydrogens is 456 g/mol. The molecule has 0 bridgehead atoms. The molecule has 2 saturated heterocycles. The van der Waals surface area contributed by atoms with E-state index in [-0.39, 0.29) is 23.8 Å². The monoisotopic (exact) mass is 504 g/mol. The standard InChI is InChI=1S/C30H48O6/c1-10-16(2)15-21(31)33-26-25-24(34-29(7,8)35-25)18(4)32-27(26)36-30(9)14-13-20-23(28(20,5)6)22-17(3)11-12-19(22)30/h15,17-20,22-27H,10-14H2,1-9H3/b16-15+. The molecule has 0 amide bonds. The highest BCUT2D eigenvalue weighted by Crippen LogP contribution is 2.71. The van der Waals surface area contributed by atoms with Gasteiger partial charge in [-0.25, -0.2) is 4.79 Å². The van der Waals surface area contributed by atoms with Gasteiger partial charge in [0, 0.05) is 6.08 Å². The van der Waals surface area contributed by atoms with Crippen LogP contribution in [0.25, 0.3) is 0 Å². The molecule has 204 valence electrons. The van der Waals surface area contributed by atoms with Crippen molar-refractivity contribution in [3.63, 3.8) is 0 Å². The average Bonchev–Trinajstić information content (AvgIpc) is 3.02.